The third-order valence-electron chi connectivity index (χ3n) is 5.78. The first-order chi connectivity index (χ1) is 15.4. The lowest BCUT2D eigenvalue weighted by Crippen LogP contribution is -2.01. The lowest BCUT2D eigenvalue weighted by Gasteiger charge is -2.12. The van der Waals surface area contributed by atoms with E-state index in [1.54, 1.807) is 0 Å². The molecule has 0 aliphatic carbocycles. The van der Waals surface area contributed by atoms with E-state index in [2.05, 4.69) is 36.4 Å². The highest BCUT2D eigenvalue weighted by molar-refractivity contribution is 5.54. The molecule has 0 amide bonds. The first-order valence-corrected chi connectivity index (χ1v) is 10.8. The molecule has 4 aromatic rings. The molecule has 162 valence electrons. The van der Waals surface area contributed by atoms with Gasteiger partial charge in [0.05, 0.1) is 0 Å². The van der Waals surface area contributed by atoms with E-state index in [9.17, 15) is 0 Å². The average molecular weight is 423 g/mol. The fraction of sp³-hybridized carbons (Fsp3) is 0.143. The Labute approximate surface area is 189 Å². The first-order valence-electron chi connectivity index (χ1n) is 10.8. The zero-order valence-electron chi connectivity index (χ0n) is 18.4. The molecule has 4 nitrogen and oxygen atoms in total. The van der Waals surface area contributed by atoms with Crippen LogP contribution in [0.2, 0.25) is 0 Å². The fourth-order valence-corrected chi connectivity index (χ4v) is 4.16. The minimum absolute atomic E-state index is 0.732. The van der Waals surface area contributed by atoms with Gasteiger partial charge in [-0.15, -0.1) is 0 Å². The Bertz CT molecular complexity index is 1260. The average Bonchev–Trinajstić information content (AvgIpc) is 2.73. The van der Waals surface area contributed by atoms with Crippen molar-refractivity contribution in [2.45, 2.75) is 26.2 Å². The Morgan fingerprint density at radius 2 is 1.09 bits per heavy atom. The van der Waals surface area contributed by atoms with Crippen molar-refractivity contribution in [3.8, 4) is 0 Å². The second-order valence-electron chi connectivity index (χ2n) is 8.58. The number of hydrogen-bond donors (Lipinski definition) is 4. The highest BCUT2D eigenvalue weighted by Gasteiger charge is 2.08. The van der Waals surface area contributed by atoms with Gasteiger partial charge in [-0.1, -0.05) is 42.5 Å². The molecule has 0 saturated heterocycles. The number of nitrogen functional groups attached to an aromatic ring is 4. The van der Waals surface area contributed by atoms with Gasteiger partial charge in [0.15, 0.2) is 0 Å². The van der Waals surface area contributed by atoms with Crippen LogP contribution in [0.1, 0.15) is 38.9 Å². The summed E-state index contributed by atoms with van der Waals surface area (Å²) in [5.74, 6) is 0. The lowest BCUT2D eigenvalue weighted by atomic mass is 9.95. The van der Waals surface area contributed by atoms with E-state index in [-0.39, 0.29) is 0 Å². The first kappa shape index (κ1) is 21.3. The van der Waals surface area contributed by atoms with E-state index in [4.69, 9.17) is 22.9 Å². The summed E-state index contributed by atoms with van der Waals surface area (Å²) in [5.41, 5.74) is 35.7. The van der Waals surface area contributed by atoms with E-state index in [0.29, 0.717) is 0 Å². The van der Waals surface area contributed by atoms with Crippen LogP contribution in [0.25, 0.3) is 0 Å². The van der Waals surface area contributed by atoms with Gasteiger partial charge in [-0.2, -0.15) is 0 Å². The van der Waals surface area contributed by atoms with Gasteiger partial charge in [0.1, 0.15) is 0 Å². The van der Waals surface area contributed by atoms with Crippen molar-refractivity contribution in [1.29, 1.82) is 0 Å². The van der Waals surface area contributed by atoms with Crippen molar-refractivity contribution in [2.24, 2.45) is 0 Å². The molecule has 0 radical (unpaired) electrons. The van der Waals surface area contributed by atoms with Crippen LogP contribution >= 0.6 is 0 Å². The second kappa shape index (κ2) is 9.06. The Morgan fingerprint density at radius 3 is 1.81 bits per heavy atom. The van der Waals surface area contributed by atoms with Crippen LogP contribution < -0.4 is 22.9 Å². The Kier molecular flexibility index (Phi) is 6.04. The molecular weight excluding hydrogens is 392 g/mol. The number of rotatable bonds is 6. The van der Waals surface area contributed by atoms with Crippen molar-refractivity contribution in [1.82, 2.24) is 0 Å². The summed E-state index contributed by atoms with van der Waals surface area (Å²) in [6.07, 6.45) is 2.36. The van der Waals surface area contributed by atoms with E-state index in [0.717, 1.165) is 64.3 Å². The lowest BCUT2D eigenvalue weighted by molar-refractivity contribution is 1.12. The normalized spacial score (nSPS) is 10.9. The molecule has 0 unspecified atom stereocenters. The third kappa shape index (κ3) is 5.22. The van der Waals surface area contributed by atoms with Gasteiger partial charge in [-0.05, 0) is 102 Å². The maximum atomic E-state index is 6.33. The Hall–Kier alpha value is -3.92. The summed E-state index contributed by atoms with van der Waals surface area (Å²) in [7, 11) is 0. The Balaban J connectivity index is 1.56. The summed E-state index contributed by atoms with van der Waals surface area (Å²) >= 11 is 0. The summed E-state index contributed by atoms with van der Waals surface area (Å²) in [5, 5.41) is 0. The van der Waals surface area contributed by atoms with E-state index in [1.165, 1.54) is 16.7 Å². The largest absolute Gasteiger partial charge is 0.399 e. The molecule has 4 rings (SSSR count). The van der Waals surface area contributed by atoms with Crippen LogP contribution in [0, 0.1) is 6.92 Å². The minimum Gasteiger partial charge on any atom is -0.399 e. The van der Waals surface area contributed by atoms with Crippen LogP contribution in [-0.2, 0) is 19.3 Å². The molecule has 0 bridgehead atoms. The smallest absolute Gasteiger partial charge is 0.0350 e. The van der Waals surface area contributed by atoms with Gasteiger partial charge < -0.3 is 22.9 Å². The molecule has 0 heterocycles. The molecule has 0 saturated carbocycles. The van der Waals surface area contributed by atoms with Crippen molar-refractivity contribution in [3.63, 3.8) is 0 Å². The molecule has 8 N–H and O–H groups in total. The molecule has 0 aliphatic heterocycles. The summed E-state index contributed by atoms with van der Waals surface area (Å²) in [4.78, 5) is 0. The van der Waals surface area contributed by atoms with E-state index in [1.807, 2.05) is 49.4 Å². The van der Waals surface area contributed by atoms with Crippen LogP contribution in [-0.4, -0.2) is 0 Å². The quantitative estimate of drug-likeness (QED) is 0.325. The maximum Gasteiger partial charge on any atom is 0.0350 e. The topological polar surface area (TPSA) is 104 Å². The predicted molar refractivity (Wildman–Crippen MR) is 137 cm³/mol. The van der Waals surface area contributed by atoms with E-state index < -0.39 is 0 Å². The molecule has 0 spiro atoms. The number of nitrogens with two attached hydrogens (primary N) is 4. The molecule has 4 heteroatoms. The molecular formula is C28H30N4. The zero-order valence-corrected chi connectivity index (χ0v) is 18.4. The molecule has 0 aromatic heterocycles. The minimum atomic E-state index is 0.732. The van der Waals surface area contributed by atoms with Gasteiger partial charge in [0.25, 0.3) is 0 Å². The van der Waals surface area contributed by atoms with Crippen LogP contribution in [0.15, 0.2) is 78.9 Å². The standard InChI is InChI=1S/C28H30N4/c1-18-9-20(5-7-27(18)31)10-21-6-8-28(32)24(13-21)14-23-12-22(16-26(30)17-23)11-19-3-2-4-25(29)15-19/h2-9,12-13,15-17H,10-11,14,29-32H2,1H3. The van der Waals surface area contributed by atoms with Gasteiger partial charge >= 0.3 is 0 Å². The third-order valence-corrected chi connectivity index (χ3v) is 5.78. The van der Waals surface area contributed by atoms with Crippen LogP contribution in [0.5, 0.6) is 0 Å². The number of benzene rings is 4. The van der Waals surface area contributed by atoms with Crippen molar-refractivity contribution < 1.29 is 0 Å². The Morgan fingerprint density at radius 1 is 0.500 bits per heavy atom. The van der Waals surface area contributed by atoms with E-state index >= 15 is 0 Å². The van der Waals surface area contributed by atoms with Crippen molar-refractivity contribution >= 4 is 22.7 Å². The van der Waals surface area contributed by atoms with Crippen molar-refractivity contribution in [3.05, 3.63) is 118 Å². The van der Waals surface area contributed by atoms with Crippen LogP contribution in [0.3, 0.4) is 0 Å². The van der Waals surface area contributed by atoms with Crippen LogP contribution in [0.4, 0.5) is 22.7 Å². The van der Waals surface area contributed by atoms with Gasteiger partial charge in [-0.25, -0.2) is 0 Å². The maximum absolute atomic E-state index is 6.33. The monoisotopic (exact) mass is 422 g/mol. The predicted octanol–water partition coefficient (Wildman–Crippen LogP) is 5.10. The van der Waals surface area contributed by atoms with Gasteiger partial charge in [-0.3, -0.25) is 0 Å². The zero-order chi connectivity index (χ0) is 22.7. The van der Waals surface area contributed by atoms with Crippen molar-refractivity contribution in [2.75, 3.05) is 22.9 Å². The number of aryl methyl sites for hydroxylation is 1. The SMILES string of the molecule is Cc1cc(Cc2ccc(N)c(Cc3cc(N)cc(Cc4cccc(N)c4)c3)c2)ccc1N. The van der Waals surface area contributed by atoms with Gasteiger partial charge in [0.2, 0.25) is 0 Å². The molecule has 0 fully saturated rings. The molecule has 0 aliphatic rings. The molecule has 0 atom stereocenters. The summed E-state index contributed by atoms with van der Waals surface area (Å²) < 4.78 is 0. The fourth-order valence-electron chi connectivity index (χ4n) is 4.16. The highest BCUT2D eigenvalue weighted by Crippen LogP contribution is 2.24. The molecule has 32 heavy (non-hydrogen) atoms. The number of hydrogen-bond acceptors (Lipinski definition) is 4. The summed E-state index contributed by atoms with van der Waals surface area (Å²) in [6, 6.07) is 26.7. The molecule has 4 aromatic carbocycles. The van der Waals surface area contributed by atoms with Gasteiger partial charge in [0, 0.05) is 22.7 Å². The second-order valence-corrected chi connectivity index (χ2v) is 8.58. The highest BCUT2D eigenvalue weighted by atomic mass is 14.6. The number of anilines is 4. The summed E-state index contributed by atoms with van der Waals surface area (Å²) in [6.45, 7) is 2.04.